The zero-order chi connectivity index (χ0) is 31.1. The fourth-order valence-electron chi connectivity index (χ4n) is 7.74. The molecule has 3 aromatic rings. The van der Waals surface area contributed by atoms with Crippen LogP contribution in [0.15, 0.2) is 49.1 Å². The van der Waals surface area contributed by atoms with Crippen molar-refractivity contribution < 1.29 is 14.3 Å². The second-order valence-electron chi connectivity index (χ2n) is 13.2. The molecule has 1 aromatic heterocycles. The van der Waals surface area contributed by atoms with Gasteiger partial charge in [0.25, 0.3) is 0 Å². The molecule has 0 bridgehead atoms. The van der Waals surface area contributed by atoms with Gasteiger partial charge >= 0.3 is 6.01 Å². The molecule has 0 spiro atoms. The molecule has 2 aromatic carbocycles. The van der Waals surface area contributed by atoms with Gasteiger partial charge in [0.2, 0.25) is 12.5 Å². The average molecular weight is 607 g/mol. The van der Waals surface area contributed by atoms with E-state index < -0.39 is 0 Å². The monoisotopic (exact) mass is 606 g/mol. The molecule has 9 nitrogen and oxygen atoms in total. The summed E-state index contributed by atoms with van der Waals surface area (Å²) in [6.45, 7) is 19.2. The molecule has 2 saturated carbocycles. The minimum atomic E-state index is -0.235. The first-order valence-electron chi connectivity index (χ1n) is 16.3. The Kier molecular flexibility index (Phi) is 8.09. The first-order valence-corrected chi connectivity index (χ1v) is 16.3. The summed E-state index contributed by atoms with van der Waals surface area (Å²) in [7, 11) is 0. The quantitative estimate of drug-likeness (QED) is 0.245. The van der Waals surface area contributed by atoms with Crippen molar-refractivity contribution in [1.29, 1.82) is 0 Å². The van der Waals surface area contributed by atoms with Crippen molar-refractivity contribution in [2.24, 2.45) is 11.8 Å². The summed E-state index contributed by atoms with van der Waals surface area (Å²) in [5.41, 5.74) is 4.55. The Labute approximate surface area is 265 Å². The third-order valence-corrected chi connectivity index (χ3v) is 10.1. The number of aryl methyl sites for hydroxylation is 1. The Balaban J connectivity index is 1.17. The van der Waals surface area contributed by atoms with E-state index in [4.69, 9.17) is 26.0 Å². The molecule has 0 radical (unpaired) electrons. The number of benzene rings is 2. The lowest BCUT2D eigenvalue weighted by Crippen LogP contribution is -2.56. The first kappa shape index (κ1) is 29.5. The topological polar surface area (TPSA) is 75.4 Å². The minimum Gasteiger partial charge on any atom is -0.461 e. The van der Waals surface area contributed by atoms with E-state index in [0.717, 1.165) is 41.9 Å². The zero-order valence-corrected chi connectivity index (χ0v) is 26.3. The van der Waals surface area contributed by atoms with Crippen molar-refractivity contribution in [3.63, 3.8) is 0 Å². The highest BCUT2D eigenvalue weighted by molar-refractivity contribution is 5.97. The van der Waals surface area contributed by atoms with Crippen LogP contribution in [0.5, 0.6) is 6.01 Å². The number of rotatable bonds is 9. The summed E-state index contributed by atoms with van der Waals surface area (Å²) in [5.74, 6) is 2.47. The highest BCUT2D eigenvalue weighted by Crippen LogP contribution is 2.52. The minimum absolute atomic E-state index is 0.0535. The Morgan fingerprint density at radius 1 is 1.11 bits per heavy atom. The van der Waals surface area contributed by atoms with Crippen molar-refractivity contribution >= 4 is 28.2 Å². The van der Waals surface area contributed by atoms with E-state index in [1.54, 1.807) is 4.90 Å². The Hall–Kier alpha value is -4.16. The maximum atomic E-state index is 12.6. The van der Waals surface area contributed by atoms with Gasteiger partial charge in [0.15, 0.2) is 0 Å². The maximum absolute atomic E-state index is 12.6. The molecule has 2 aliphatic heterocycles. The van der Waals surface area contributed by atoms with Crippen LogP contribution in [0.2, 0.25) is 0 Å². The number of hydrogen-bond acceptors (Lipinski definition) is 7. The number of ether oxygens (including phenoxy) is 2. The molecule has 7 rings (SSSR count). The van der Waals surface area contributed by atoms with E-state index in [0.29, 0.717) is 44.9 Å². The summed E-state index contributed by atoms with van der Waals surface area (Å²) in [4.78, 5) is 32.6. The standard InChI is InChI=1S/C36H42N6O3/c1-5-33(43)42-15-14-41(20-28(42)19-37-4)35-30-12-13-40(32-11-7-10-25-9-6-8-23(2)34(25)32)21-31(30)38-36(39-35)44-22-24(3)45-29-17-26-16-27(26)18-29/h5-11,24,26-29H,1,12-22H2,2-3H3/t24-,26?,27?,28-,29?/m0/s1. The SMILES string of the molecule is [C-]#[N+]C[C@H]1CN(c2nc(OC[C@H](C)OC3CC4CC4C3)nc3c2CCN(c2cccc4cccc(C)c24)C3)CCN1C(=O)C=C. The van der Waals surface area contributed by atoms with Crippen LogP contribution in [-0.4, -0.2) is 78.4 Å². The van der Waals surface area contributed by atoms with Gasteiger partial charge in [-0.1, -0.05) is 36.9 Å². The van der Waals surface area contributed by atoms with Crippen LogP contribution in [0.3, 0.4) is 0 Å². The third kappa shape index (κ3) is 5.96. The molecule has 2 unspecified atom stereocenters. The summed E-state index contributed by atoms with van der Waals surface area (Å²) in [6.07, 6.45) is 6.12. The highest BCUT2D eigenvalue weighted by Gasteiger charge is 2.46. The number of piperazine rings is 1. The zero-order valence-electron chi connectivity index (χ0n) is 26.3. The molecule has 1 saturated heterocycles. The van der Waals surface area contributed by atoms with Crippen LogP contribution in [0.25, 0.3) is 15.6 Å². The van der Waals surface area contributed by atoms with Gasteiger partial charge in [-0.15, -0.1) is 0 Å². The van der Waals surface area contributed by atoms with Crippen LogP contribution < -0.4 is 14.5 Å². The summed E-state index contributed by atoms with van der Waals surface area (Å²) >= 11 is 0. The van der Waals surface area contributed by atoms with E-state index in [9.17, 15) is 4.79 Å². The van der Waals surface area contributed by atoms with E-state index in [1.165, 1.54) is 47.4 Å². The van der Waals surface area contributed by atoms with Gasteiger partial charge in [0.1, 0.15) is 18.5 Å². The lowest BCUT2D eigenvalue weighted by Gasteiger charge is -2.41. The van der Waals surface area contributed by atoms with Gasteiger partial charge in [-0.2, -0.15) is 9.97 Å². The molecule has 9 heteroatoms. The molecular weight excluding hydrogens is 564 g/mol. The summed E-state index contributed by atoms with van der Waals surface area (Å²) in [6, 6.07) is 13.1. The van der Waals surface area contributed by atoms with Gasteiger partial charge in [0.05, 0.1) is 24.4 Å². The van der Waals surface area contributed by atoms with Crippen molar-refractivity contribution in [1.82, 2.24) is 14.9 Å². The van der Waals surface area contributed by atoms with Gasteiger partial charge in [-0.05, 0) is 74.5 Å². The second-order valence-corrected chi connectivity index (χ2v) is 13.2. The molecule has 234 valence electrons. The van der Waals surface area contributed by atoms with E-state index in [-0.39, 0.29) is 24.6 Å². The fourth-order valence-corrected chi connectivity index (χ4v) is 7.74. The highest BCUT2D eigenvalue weighted by atomic mass is 16.5. The lowest BCUT2D eigenvalue weighted by atomic mass is 9.99. The normalized spacial score (nSPS) is 24.5. The number of nitrogens with zero attached hydrogens (tertiary/aromatic N) is 6. The maximum Gasteiger partial charge on any atom is 0.318 e. The van der Waals surface area contributed by atoms with Gasteiger partial charge < -0.3 is 29.0 Å². The smallest absolute Gasteiger partial charge is 0.318 e. The number of fused-ring (bicyclic) bond motifs is 3. The largest absolute Gasteiger partial charge is 0.461 e. The number of carbonyl (C=O) groups excluding carboxylic acids is 1. The Bertz CT molecular complexity index is 1640. The molecule has 4 atom stereocenters. The average Bonchev–Trinajstić information content (AvgIpc) is 3.67. The van der Waals surface area contributed by atoms with Crippen LogP contribution in [0.4, 0.5) is 11.5 Å². The van der Waals surface area contributed by atoms with Crippen LogP contribution in [-0.2, 0) is 22.5 Å². The van der Waals surface area contributed by atoms with Crippen molar-refractivity contribution in [3.8, 4) is 6.01 Å². The summed E-state index contributed by atoms with van der Waals surface area (Å²) in [5, 5.41) is 2.51. The second kappa shape index (κ2) is 12.3. The summed E-state index contributed by atoms with van der Waals surface area (Å²) < 4.78 is 12.6. The number of hydrogen-bond donors (Lipinski definition) is 0. The molecule has 3 heterocycles. The molecule has 2 aliphatic carbocycles. The molecule has 45 heavy (non-hydrogen) atoms. The third-order valence-electron chi connectivity index (χ3n) is 10.1. The predicted octanol–water partition coefficient (Wildman–Crippen LogP) is 5.21. The van der Waals surface area contributed by atoms with Crippen molar-refractivity contribution in [2.45, 2.75) is 64.3 Å². The Morgan fingerprint density at radius 3 is 2.69 bits per heavy atom. The lowest BCUT2D eigenvalue weighted by molar-refractivity contribution is -0.128. The van der Waals surface area contributed by atoms with Crippen LogP contribution in [0, 0.1) is 25.3 Å². The van der Waals surface area contributed by atoms with Gasteiger partial charge in [-0.3, -0.25) is 4.79 Å². The van der Waals surface area contributed by atoms with Crippen LogP contribution >= 0.6 is 0 Å². The molecule has 3 fully saturated rings. The fraction of sp³-hybridized carbons (Fsp3) is 0.500. The van der Waals surface area contributed by atoms with Gasteiger partial charge in [-0.25, -0.2) is 6.57 Å². The number of anilines is 2. The number of aromatic nitrogens is 2. The van der Waals surface area contributed by atoms with Crippen molar-refractivity contribution in [3.05, 3.63) is 77.3 Å². The molecule has 1 amide bonds. The Morgan fingerprint density at radius 2 is 1.91 bits per heavy atom. The predicted molar refractivity (Wildman–Crippen MR) is 176 cm³/mol. The first-order chi connectivity index (χ1) is 21.9. The van der Waals surface area contributed by atoms with E-state index >= 15 is 0 Å². The number of carbonyl (C=O) groups is 1. The van der Waals surface area contributed by atoms with E-state index in [2.05, 4.69) is 71.5 Å². The number of amides is 1. The van der Waals surface area contributed by atoms with E-state index in [1.807, 2.05) is 0 Å². The van der Waals surface area contributed by atoms with Crippen molar-refractivity contribution in [2.75, 3.05) is 49.1 Å². The molecule has 4 aliphatic rings. The van der Waals surface area contributed by atoms with Gasteiger partial charge in [0, 0.05) is 42.8 Å². The molecular formula is C36H42N6O3. The van der Waals surface area contributed by atoms with Crippen LogP contribution in [0.1, 0.15) is 43.0 Å². The molecule has 0 N–H and O–H groups in total.